The summed E-state index contributed by atoms with van der Waals surface area (Å²) in [6.45, 7) is 2.95. The van der Waals surface area contributed by atoms with Crippen molar-refractivity contribution in [1.29, 1.82) is 0 Å². The zero-order valence-electron chi connectivity index (χ0n) is 14.7. The number of nitrogens with zero attached hydrogens (tertiary/aromatic N) is 3. The van der Waals surface area contributed by atoms with Gasteiger partial charge < -0.3 is 9.55 Å². The molecular formula is C19H21N5O2. The molecular weight excluding hydrogens is 330 g/mol. The normalized spacial score (nSPS) is 14.8. The first kappa shape index (κ1) is 16.5. The van der Waals surface area contributed by atoms with Crippen molar-refractivity contribution in [3.63, 3.8) is 0 Å². The molecule has 7 nitrogen and oxygen atoms in total. The van der Waals surface area contributed by atoms with Gasteiger partial charge in [-0.15, -0.1) is 5.10 Å². The lowest BCUT2D eigenvalue weighted by Crippen LogP contribution is -2.22. The Kier molecular flexibility index (Phi) is 4.28. The molecule has 0 radical (unpaired) electrons. The van der Waals surface area contributed by atoms with E-state index in [0.29, 0.717) is 11.3 Å². The Hall–Kier alpha value is -2.96. The van der Waals surface area contributed by atoms with Gasteiger partial charge in [-0.05, 0) is 37.8 Å². The van der Waals surface area contributed by atoms with Crippen LogP contribution in [0.25, 0.3) is 22.4 Å². The number of hydrogen-bond acceptors (Lipinski definition) is 4. The number of aryl methyl sites for hydroxylation is 1. The quantitative estimate of drug-likeness (QED) is 0.755. The number of aromatic amines is 2. The van der Waals surface area contributed by atoms with Crippen molar-refractivity contribution in [3.8, 4) is 22.4 Å². The number of aromatic nitrogens is 5. The molecule has 7 heteroatoms. The fraction of sp³-hybridized carbons (Fsp3) is 0.368. The van der Waals surface area contributed by atoms with Crippen LogP contribution in [0.15, 0.2) is 40.3 Å². The molecule has 1 saturated carbocycles. The molecule has 1 aliphatic rings. The molecule has 0 unspecified atom stereocenters. The van der Waals surface area contributed by atoms with E-state index in [-0.39, 0.29) is 0 Å². The summed E-state index contributed by atoms with van der Waals surface area (Å²) in [5, 5.41) is 8.32. The highest BCUT2D eigenvalue weighted by Crippen LogP contribution is 2.29. The highest BCUT2D eigenvalue weighted by molar-refractivity contribution is 5.70. The van der Waals surface area contributed by atoms with E-state index in [1.165, 1.54) is 31.9 Å². The summed E-state index contributed by atoms with van der Waals surface area (Å²) in [6.07, 6.45) is 10.9. The average molecular weight is 351 g/mol. The Morgan fingerprint density at radius 2 is 2.00 bits per heavy atom. The molecule has 134 valence electrons. The number of hydrogen-bond donors (Lipinski definition) is 2. The van der Waals surface area contributed by atoms with E-state index in [9.17, 15) is 9.59 Å². The van der Waals surface area contributed by atoms with Gasteiger partial charge in [0.25, 0.3) is 5.56 Å². The van der Waals surface area contributed by atoms with Crippen molar-refractivity contribution < 1.29 is 0 Å². The average Bonchev–Trinajstić information content (AvgIpc) is 3.28. The Labute approximate surface area is 150 Å². The molecule has 3 aromatic heterocycles. The minimum absolute atomic E-state index is 0.295. The fourth-order valence-electron chi connectivity index (χ4n) is 3.68. The molecule has 1 fully saturated rings. The lowest BCUT2D eigenvalue weighted by Gasteiger charge is -2.10. The van der Waals surface area contributed by atoms with E-state index in [1.807, 2.05) is 13.0 Å². The summed E-state index contributed by atoms with van der Waals surface area (Å²) >= 11 is 0. The van der Waals surface area contributed by atoms with Gasteiger partial charge in [-0.3, -0.25) is 9.78 Å². The second kappa shape index (κ2) is 6.74. The minimum atomic E-state index is -0.539. The lowest BCUT2D eigenvalue weighted by atomic mass is 10.1. The van der Waals surface area contributed by atoms with Crippen LogP contribution in [0.3, 0.4) is 0 Å². The predicted molar refractivity (Wildman–Crippen MR) is 98.8 cm³/mol. The molecule has 0 aromatic carbocycles. The molecule has 3 heterocycles. The van der Waals surface area contributed by atoms with Crippen LogP contribution in [0.5, 0.6) is 0 Å². The van der Waals surface area contributed by atoms with Crippen LogP contribution in [0.1, 0.15) is 31.4 Å². The van der Waals surface area contributed by atoms with Gasteiger partial charge in [-0.1, -0.05) is 12.8 Å². The number of nitrogens with one attached hydrogen (secondary N) is 2. The molecule has 26 heavy (non-hydrogen) atoms. The maximum atomic E-state index is 12.0. The van der Waals surface area contributed by atoms with Crippen molar-refractivity contribution in [2.24, 2.45) is 5.92 Å². The van der Waals surface area contributed by atoms with Gasteiger partial charge in [-0.25, -0.2) is 4.79 Å². The van der Waals surface area contributed by atoms with E-state index in [1.54, 1.807) is 0 Å². The maximum absolute atomic E-state index is 12.0. The van der Waals surface area contributed by atoms with Gasteiger partial charge in [0.05, 0.1) is 11.3 Å². The SMILES string of the molecule is Cc1nnc(-c2c[nH]c(=O)[nH]c2=O)cc1-c1ccn(CC2CCCC2)c1. The summed E-state index contributed by atoms with van der Waals surface area (Å²) in [5.74, 6) is 0.766. The molecule has 0 atom stereocenters. The summed E-state index contributed by atoms with van der Waals surface area (Å²) in [6, 6.07) is 3.92. The first-order valence-corrected chi connectivity index (χ1v) is 8.93. The summed E-state index contributed by atoms with van der Waals surface area (Å²) < 4.78 is 2.23. The third-order valence-electron chi connectivity index (χ3n) is 5.08. The smallest absolute Gasteiger partial charge is 0.325 e. The van der Waals surface area contributed by atoms with Crippen molar-refractivity contribution in [2.75, 3.05) is 0 Å². The standard InChI is InChI=1S/C19H21N5O2/c1-12-15(14-6-7-24(11-14)10-13-4-2-3-5-13)8-17(23-22-12)16-9-20-19(26)21-18(16)25/h6-9,11,13H,2-5,10H2,1H3,(H2,20,21,25,26). The fourth-order valence-corrected chi connectivity index (χ4v) is 3.68. The Morgan fingerprint density at radius 1 is 1.19 bits per heavy atom. The van der Waals surface area contributed by atoms with Gasteiger partial charge in [0.1, 0.15) is 5.69 Å². The molecule has 0 amide bonds. The van der Waals surface area contributed by atoms with E-state index in [0.717, 1.165) is 29.3 Å². The molecule has 2 N–H and O–H groups in total. The predicted octanol–water partition coefficient (Wildman–Crippen LogP) is 2.49. The van der Waals surface area contributed by atoms with Gasteiger partial charge in [0.2, 0.25) is 0 Å². The number of rotatable bonds is 4. The molecule has 4 rings (SSSR count). The van der Waals surface area contributed by atoms with E-state index in [2.05, 4.69) is 43.2 Å². The van der Waals surface area contributed by atoms with Crippen molar-refractivity contribution >= 4 is 0 Å². The topological polar surface area (TPSA) is 96.4 Å². The molecule has 3 aromatic rings. The van der Waals surface area contributed by atoms with E-state index < -0.39 is 11.2 Å². The molecule has 0 bridgehead atoms. The first-order chi connectivity index (χ1) is 12.6. The molecule has 0 spiro atoms. The van der Waals surface area contributed by atoms with Crippen LogP contribution >= 0.6 is 0 Å². The Bertz CT molecular complexity index is 1040. The van der Waals surface area contributed by atoms with Gasteiger partial charge >= 0.3 is 5.69 Å². The van der Waals surface area contributed by atoms with Crippen LogP contribution in [0.4, 0.5) is 0 Å². The molecule has 0 saturated heterocycles. The molecule has 1 aliphatic carbocycles. The Morgan fingerprint density at radius 3 is 2.77 bits per heavy atom. The van der Waals surface area contributed by atoms with Crippen molar-refractivity contribution in [1.82, 2.24) is 24.7 Å². The van der Waals surface area contributed by atoms with E-state index in [4.69, 9.17) is 0 Å². The summed E-state index contributed by atoms with van der Waals surface area (Å²) in [7, 11) is 0. The highest BCUT2D eigenvalue weighted by atomic mass is 16.2. The van der Waals surface area contributed by atoms with Crippen LogP contribution in [0, 0.1) is 12.8 Å². The van der Waals surface area contributed by atoms with Crippen molar-refractivity contribution in [2.45, 2.75) is 39.2 Å². The van der Waals surface area contributed by atoms with Gasteiger partial charge in [-0.2, -0.15) is 5.10 Å². The highest BCUT2D eigenvalue weighted by Gasteiger charge is 2.16. The third kappa shape index (κ3) is 3.24. The van der Waals surface area contributed by atoms with Crippen LogP contribution in [0.2, 0.25) is 0 Å². The first-order valence-electron chi connectivity index (χ1n) is 8.93. The monoisotopic (exact) mass is 351 g/mol. The largest absolute Gasteiger partial charge is 0.353 e. The lowest BCUT2D eigenvalue weighted by molar-refractivity contribution is 0.458. The van der Waals surface area contributed by atoms with Gasteiger partial charge in [0.15, 0.2) is 0 Å². The zero-order valence-corrected chi connectivity index (χ0v) is 14.7. The third-order valence-corrected chi connectivity index (χ3v) is 5.08. The van der Waals surface area contributed by atoms with Crippen LogP contribution < -0.4 is 11.2 Å². The zero-order chi connectivity index (χ0) is 18.1. The van der Waals surface area contributed by atoms with E-state index >= 15 is 0 Å². The summed E-state index contributed by atoms with van der Waals surface area (Å²) in [5.41, 5.74) is 2.51. The Balaban J connectivity index is 1.67. The molecule has 0 aliphatic heterocycles. The second-order valence-electron chi connectivity index (χ2n) is 6.96. The summed E-state index contributed by atoms with van der Waals surface area (Å²) in [4.78, 5) is 27.9. The number of H-pyrrole nitrogens is 2. The van der Waals surface area contributed by atoms with Gasteiger partial charge in [0, 0.05) is 36.3 Å². The van der Waals surface area contributed by atoms with Crippen LogP contribution in [-0.2, 0) is 6.54 Å². The van der Waals surface area contributed by atoms with Crippen LogP contribution in [-0.4, -0.2) is 24.7 Å². The second-order valence-corrected chi connectivity index (χ2v) is 6.96. The van der Waals surface area contributed by atoms with Crippen molar-refractivity contribution in [3.05, 3.63) is 57.3 Å². The minimum Gasteiger partial charge on any atom is -0.353 e. The maximum Gasteiger partial charge on any atom is 0.325 e.